The van der Waals surface area contributed by atoms with Crippen molar-refractivity contribution < 1.29 is 27.8 Å². The number of hydrogen-bond acceptors (Lipinski definition) is 4. The van der Waals surface area contributed by atoms with Crippen LogP contribution in [0.1, 0.15) is 15.9 Å². The van der Waals surface area contributed by atoms with E-state index in [-0.39, 0.29) is 24.6 Å². The van der Waals surface area contributed by atoms with Crippen LogP contribution in [0.15, 0.2) is 24.3 Å². The first-order valence-corrected chi connectivity index (χ1v) is 7.79. The van der Waals surface area contributed by atoms with Gasteiger partial charge < -0.3 is 14.7 Å². The van der Waals surface area contributed by atoms with Crippen LogP contribution in [0.3, 0.4) is 0 Å². The molecule has 0 aromatic heterocycles. The summed E-state index contributed by atoms with van der Waals surface area (Å²) in [5.41, 5.74) is -0.612. The molecule has 1 amide bonds. The summed E-state index contributed by atoms with van der Waals surface area (Å²) < 4.78 is 43.0. The van der Waals surface area contributed by atoms with Gasteiger partial charge in [-0.3, -0.25) is 9.69 Å². The van der Waals surface area contributed by atoms with Gasteiger partial charge in [0.15, 0.2) is 0 Å². The van der Waals surface area contributed by atoms with Gasteiger partial charge in [-0.1, -0.05) is 0 Å². The molecule has 2 rings (SSSR count). The highest BCUT2D eigenvalue weighted by atomic mass is 19.4. The van der Waals surface area contributed by atoms with Crippen LogP contribution in [0.2, 0.25) is 0 Å². The zero-order chi connectivity index (χ0) is 17.6. The number of amides is 1. The van der Waals surface area contributed by atoms with Crippen molar-refractivity contribution in [2.24, 2.45) is 0 Å². The van der Waals surface area contributed by atoms with E-state index in [0.717, 1.165) is 25.2 Å². The van der Waals surface area contributed by atoms with Crippen molar-refractivity contribution in [2.45, 2.75) is 6.18 Å². The van der Waals surface area contributed by atoms with Crippen LogP contribution in [0, 0.1) is 0 Å². The maximum atomic E-state index is 12.6. The van der Waals surface area contributed by atoms with Crippen molar-refractivity contribution in [1.29, 1.82) is 0 Å². The lowest BCUT2D eigenvalue weighted by atomic mass is 10.1. The minimum absolute atomic E-state index is 0.143. The van der Waals surface area contributed by atoms with E-state index >= 15 is 0 Å². The molecule has 0 atom stereocenters. The summed E-state index contributed by atoms with van der Waals surface area (Å²) in [4.78, 5) is 16.1. The Bertz CT molecular complexity index is 528. The molecule has 8 heteroatoms. The highest BCUT2D eigenvalue weighted by Crippen LogP contribution is 2.29. The normalized spacial score (nSPS) is 16.2. The molecule has 0 spiro atoms. The van der Waals surface area contributed by atoms with E-state index in [9.17, 15) is 18.0 Å². The number of carbonyl (C=O) groups excluding carboxylic acids is 1. The molecule has 0 bridgehead atoms. The third kappa shape index (κ3) is 5.19. The van der Waals surface area contributed by atoms with Gasteiger partial charge in [0.2, 0.25) is 0 Å². The Morgan fingerprint density at radius 1 is 1.17 bits per heavy atom. The van der Waals surface area contributed by atoms with E-state index in [2.05, 4.69) is 4.90 Å². The fourth-order valence-electron chi connectivity index (χ4n) is 2.51. The third-order valence-corrected chi connectivity index (χ3v) is 3.91. The Hall–Kier alpha value is -1.64. The number of halogens is 3. The summed E-state index contributed by atoms with van der Waals surface area (Å²) in [5, 5.41) is 9.14. The quantitative estimate of drug-likeness (QED) is 0.848. The maximum Gasteiger partial charge on any atom is 0.416 e. The van der Waals surface area contributed by atoms with Crippen LogP contribution in [-0.2, 0) is 10.9 Å². The second-order valence-electron chi connectivity index (χ2n) is 5.54. The lowest BCUT2D eigenvalue weighted by molar-refractivity contribution is -0.137. The summed E-state index contributed by atoms with van der Waals surface area (Å²) >= 11 is 0. The van der Waals surface area contributed by atoms with Crippen molar-refractivity contribution in [3.05, 3.63) is 35.4 Å². The fraction of sp³-hybridized carbons (Fsp3) is 0.562. The number of rotatable bonds is 6. The zero-order valence-electron chi connectivity index (χ0n) is 13.3. The van der Waals surface area contributed by atoms with Gasteiger partial charge in [-0.2, -0.15) is 13.2 Å². The molecule has 5 nitrogen and oxygen atoms in total. The van der Waals surface area contributed by atoms with Crippen LogP contribution in [-0.4, -0.2) is 73.4 Å². The molecule has 1 aromatic carbocycles. The van der Waals surface area contributed by atoms with Crippen LogP contribution in [0.4, 0.5) is 13.2 Å². The maximum absolute atomic E-state index is 12.6. The van der Waals surface area contributed by atoms with E-state index in [0.29, 0.717) is 26.3 Å². The first-order valence-electron chi connectivity index (χ1n) is 7.79. The molecule has 24 heavy (non-hydrogen) atoms. The number of benzene rings is 1. The van der Waals surface area contributed by atoms with Crippen molar-refractivity contribution in [3.63, 3.8) is 0 Å². The van der Waals surface area contributed by atoms with Crippen LogP contribution in [0.25, 0.3) is 0 Å². The number of ether oxygens (including phenoxy) is 1. The second-order valence-corrected chi connectivity index (χ2v) is 5.54. The molecule has 0 radical (unpaired) electrons. The average molecular weight is 346 g/mol. The molecule has 1 heterocycles. The highest BCUT2D eigenvalue weighted by molar-refractivity contribution is 5.94. The van der Waals surface area contributed by atoms with E-state index in [1.165, 1.54) is 17.0 Å². The van der Waals surface area contributed by atoms with Crippen molar-refractivity contribution in [1.82, 2.24) is 9.80 Å². The van der Waals surface area contributed by atoms with Gasteiger partial charge in [0.1, 0.15) is 0 Å². The number of aliphatic hydroxyl groups is 1. The summed E-state index contributed by atoms with van der Waals surface area (Å²) in [7, 11) is 0. The van der Waals surface area contributed by atoms with Gasteiger partial charge in [0.25, 0.3) is 5.91 Å². The predicted octanol–water partition coefficient (Wildman–Crippen LogP) is 1.47. The standard InChI is InChI=1S/C16H21F3N2O3/c17-16(18,19)14-3-1-13(2-4-14)15(23)21(7-10-22)6-5-20-8-11-24-12-9-20/h1-4,22H,5-12H2. The van der Waals surface area contributed by atoms with Crippen LogP contribution in [0.5, 0.6) is 0 Å². The van der Waals surface area contributed by atoms with Crippen molar-refractivity contribution in [2.75, 3.05) is 52.5 Å². The van der Waals surface area contributed by atoms with Crippen LogP contribution < -0.4 is 0 Å². The fourth-order valence-corrected chi connectivity index (χ4v) is 2.51. The number of morpholine rings is 1. The second kappa shape index (κ2) is 8.46. The molecule has 0 unspecified atom stereocenters. The third-order valence-electron chi connectivity index (χ3n) is 3.91. The lowest BCUT2D eigenvalue weighted by Gasteiger charge is -2.30. The molecule has 0 saturated carbocycles. The minimum atomic E-state index is -4.43. The molecule has 1 saturated heterocycles. The number of aliphatic hydroxyl groups excluding tert-OH is 1. The van der Waals surface area contributed by atoms with Gasteiger partial charge >= 0.3 is 6.18 Å². The lowest BCUT2D eigenvalue weighted by Crippen LogP contribution is -2.43. The monoisotopic (exact) mass is 346 g/mol. The summed E-state index contributed by atoms with van der Waals surface area (Å²) in [6, 6.07) is 4.13. The molecule has 1 aliphatic heterocycles. The Balaban J connectivity index is 1.99. The Kier molecular flexibility index (Phi) is 6.59. The van der Waals surface area contributed by atoms with E-state index in [1.54, 1.807) is 0 Å². The minimum Gasteiger partial charge on any atom is -0.395 e. The molecule has 1 N–H and O–H groups in total. The average Bonchev–Trinajstić information content (AvgIpc) is 2.58. The Morgan fingerprint density at radius 2 is 1.79 bits per heavy atom. The van der Waals surface area contributed by atoms with E-state index < -0.39 is 11.7 Å². The largest absolute Gasteiger partial charge is 0.416 e. The first-order chi connectivity index (χ1) is 11.4. The molecule has 134 valence electrons. The predicted molar refractivity (Wildman–Crippen MR) is 81.7 cm³/mol. The van der Waals surface area contributed by atoms with Crippen molar-refractivity contribution >= 4 is 5.91 Å². The zero-order valence-corrected chi connectivity index (χ0v) is 13.3. The molecule has 1 aromatic rings. The summed E-state index contributed by atoms with van der Waals surface area (Å²) in [6.07, 6.45) is -4.43. The van der Waals surface area contributed by atoms with Gasteiger partial charge in [-0.05, 0) is 24.3 Å². The topological polar surface area (TPSA) is 53.0 Å². The van der Waals surface area contributed by atoms with Crippen molar-refractivity contribution in [3.8, 4) is 0 Å². The van der Waals surface area contributed by atoms with Gasteiger partial charge in [-0.15, -0.1) is 0 Å². The van der Waals surface area contributed by atoms with Crippen LogP contribution >= 0.6 is 0 Å². The Morgan fingerprint density at radius 3 is 2.33 bits per heavy atom. The molecular formula is C16H21F3N2O3. The smallest absolute Gasteiger partial charge is 0.395 e. The number of carbonyl (C=O) groups is 1. The molecule has 0 aliphatic carbocycles. The molecular weight excluding hydrogens is 325 g/mol. The first kappa shape index (κ1) is 18.7. The highest BCUT2D eigenvalue weighted by Gasteiger charge is 2.30. The van der Waals surface area contributed by atoms with E-state index in [4.69, 9.17) is 9.84 Å². The Labute approximate surface area is 138 Å². The van der Waals surface area contributed by atoms with Gasteiger partial charge in [0, 0.05) is 38.3 Å². The molecule has 1 aliphatic rings. The number of alkyl halides is 3. The number of nitrogens with zero attached hydrogens (tertiary/aromatic N) is 2. The van der Waals surface area contributed by atoms with Gasteiger partial charge in [-0.25, -0.2) is 0 Å². The summed E-state index contributed by atoms with van der Waals surface area (Å²) in [5.74, 6) is -0.383. The number of hydrogen-bond donors (Lipinski definition) is 1. The van der Waals surface area contributed by atoms with E-state index in [1.807, 2.05) is 0 Å². The summed E-state index contributed by atoms with van der Waals surface area (Å²) in [6.45, 7) is 3.83. The molecule has 1 fully saturated rings. The SMILES string of the molecule is O=C(c1ccc(C(F)(F)F)cc1)N(CCO)CCN1CCOCC1. The van der Waals surface area contributed by atoms with Gasteiger partial charge in [0.05, 0.1) is 25.4 Å².